The number of carbonyl (C=O) groups excluding carboxylic acids is 2. The van der Waals surface area contributed by atoms with E-state index in [1.54, 1.807) is 146 Å². The zero-order valence-corrected chi connectivity index (χ0v) is 70.6. The number of ether oxygens (including phenoxy) is 8. The van der Waals surface area contributed by atoms with Crippen molar-refractivity contribution in [3.05, 3.63) is 93.0 Å². The first kappa shape index (κ1) is 94.9. The van der Waals surface area contributed by atoms with Crippen LogP contribution >= 0.6 is 26.6 Å². The summed E-state index contributed by atoms with van der Waals surface area (Å²) in [6.45, 7) is 27.1. The molecule has 4 aliphatic heterocycles. The Labute approximate surface area is 643 Å². The Morgan fingerprint density at radius 3 is 1.02 bits per heavy atom. The van der Waals surface area contributed by atoms with Gasteiger partial charge in [0.1, 0.15) is 52.7 Å². The number of carboxylic acids is 1. The van der Waals surface area contributed by atoms with Crippen molar-refractivity contribution in [1.29, 1.82) is 0 Å². The third-order valence-corrected chi connectivity index (χ3v) is 26.0. The number of hydrogen-bond donors (Lipinski definition) is 4. The van der Waals surface area contributed by atoms with E-state index in [2.05, 4.69) is 21.2 Å². The van der Waals surface area contributed by atoms with Gasteiger partial charge in [0.25, 0.3) is 9.05 Å². The highest BCUT2D eigenvalue weighted by Gasteiger charge is 2.39. The van der Waals surface area contributed by atoms with Crippen LogP contribution in [0, 0.1) is 55.4 Å². The number of carbonyl (C=O) groups is 3. The lowest BCUT2D eigenvalue weighted by molar-refractivity contribution is -0.160. The van der Waals surface area contributed by atoms with Gasteiger partial charge in [-0.15, -0.1) is 0 Å². The molecule has 8 rings (SSSR count). The summed E-state index contributed by atoms with van der Waals surface area (Å²) in [7, 11) is -3.16. The van der Waals surface area contributed by atoms with Crippen molar-refractivity contribution in [3.63, 3.8) is 0 Å². The Balaban J connectivity index is 0.000000347. The van der Waals surface area contributed by atoms with E-state index in [9.17, 15) is 53.2 Å². The predicted octanol–water partition coefficient (Wildman–Crippen LogP) is 11.1. The lowest BCUT2D eigenvalue weighted by Crippen LogP contribution is -2.46. The van der Waals surface area contributed by atoms with Crippen LogP contribution < -0.4 is 24.3 Å². The van der Waals surface area contributed by atoms with E-state index in [1.807, 2.05) is 20.8 Å². The van der Waals surface area contributed by atoms with Crippen LogP contribution in [0.5, 0.6) is 23.0 Å². The number of esters is 2. The molecule has 4 heterocycles. The zero-order chi connectivity index (χ0) is 80.3. The molecular weight excluding hydrogens is 1540 g/mol. The maximum absolute atomic E-state index is 13.5. The quantitative estimate of drug-likeness (QED) is 0.0322. The predicted molar refractivity (Wildman–Crippen MR) is 412 cm³/mol. The molecule has 32 heteroatoms. The molecule has 0 aliphatic carbocycles. The average Bonchev–Trinajstić information content (AvgIpc) is 0.780. The second-order valence-electron chi connectivity index (χ2n) is 28.3. The summed E-state index contributed by atoms with van der Waals surface area (Å²) >= 11 is 2.99. The number of aryl methyl sites for hydroxylation is 8. The van der Waals surface area contributed by atoms with Crippen molar-refractivity contribution in [1.82, 2.24) is 18.2 Å². The van der Waals surface area contributed by atoms with Crippen LogP contribution in [0.1, 0.15) is 163 Å². The van der Waals surface area contributed by atoms with Crippen molar-refractivity contribution in [2.45, 2.75) is 229 Å². The van der Waals surface area contributed by atoms with E-state index in [-0.39, 0.29) is 66.3 Å². The first-order chi connectivity index (χ1) is 49.4. The molecule has 4 atom stereocenters. The maximum Gasteiger partial charge on any atom is 0.332 e. The van der Waals surface area contributed by atoms with E-state index < -0.39 is 63.3 Å². The van der Waals surface area contributed by atoms with Crippen molar-refractivity contribution in [2.75, 3.05) is 99.6 Å². The van der Waals surface area contributed by atoms with Gasteiger partial charge in [-0.25, -0.2) is 43.3 Å². The molecule has 4 aromatic carbocycles. The van der Waals surface area contributed by atoms with Gasteiger partial charge in [-0.3, -0.25) is 4.79 Å². The number of nitrogens with one attached hydrogen (secondary N) is 1. The maximum atomic E-state index is 13.5. The fourth-order valence-electron chi connectivity index (χ4n) is 12.8. The number of benzene rings is 4. The molecular formula is C74H116BrClN4O22S4. The number of carboxylic acid groups (broad SMARTS) is 1. The number of hydrogen-bond acceptors (Lipinski definition) is 22. The molecule has 26 nitrogen and oxygen atoms in total. The first-order valence-corrected chi connectivity index (χ1v) is 43.1. The number of aliphatic hydroxyl groups excluding tert-OH is 2. The number of methoxy groups -OCH3 is 4. The number of alkyl halides is 1. The Hall–Kier alpha value is -5.26. The molecule has 4 fully saturated rings. The second-order valence-corrected chi connectivity index (χ2v) is 36.9. The molecule has 0 amide bonds. The minimum Gasteiger partial charge on any atom is -0.497 e. The molecule has 4 N–H and O–H groups in total. The number of sulfonamides is 3. The number of rotatable bonds is 22. The summed E-state index contributed by atoms with van der Waals surface area (Å²) in [4.78, 5) is 34.1. The molecule has 0 spiro atoms. The van der Waals surface area contributed by atoms with Gasteiger partial charge in [-0.05, 0) is 248 Å². The summed E-state index contributed by atoms with van der Waals surface area (Å²) in [5.41, 5.74) is 4.17. The third-order valence-electron chi connectivity index (χ3n) is 17.2. The summed E-state index contributed by atoms with van der Waals surface area (Å²) in [5.74, 6) is 0.799. The summed E-state index contributed by atoms with van der Waals surface area (Å²) in [5, 5.41) is 30.3. The van der Waals surface area contributed by atoms with Crippen molar-refractivity contribution < 1.29 is 101 Å². The highest BCUT2D eigenvalue weighted by Crippen LogP contribution is 2.36. The second kappa shape index (κ2) is 44.0. The van der Waals surface area contributed by atoms with Crippen LogP contribution in [0.15, 0.2) is 68.1 Å². The van der Waals surface area contributed by atoms with Crippen molar-refractivity contribution >= 4 is 83.6 Å². The van der Waals surface area contributed by atoms with E-state index in [4.69, 9.17) is 58.8 Å². The SMILES string of the molecule is CC(C)(C)OC(=O)CBr.COc1cc(C)c(S(=O)(=O)Cl)c(C)c1.COc1cc(C)c(S(=O)(=O)N2CCCCC2CO)c(C)c1.COc1cc(C)c(S(=O)(=O)N2CCCCC2COCC(=O)O)c(C)c1.COc1cc(C)c(S(=O)(=O)N2CCCCC2COCC(=O)OC(C)(C)C)c(C)c1.OCC1CCCCN1. The number of aliphatic hydroxyl groups is 2. The van der Waals surface area contributed by atoms with Gasteiger partial charge < -0.3 is 58.5 Å². The molecule has 0 saturated carbocycles. The number of halogens is 2. The molecule has 4 aromatic rings. The monoisotopic (exact) mass is 1650 g/mol. The van der Waals surface area contributed by atoms with Gasteiger partial charge in [0.05, 0.1) is 74.4 Å². The third kappa shape index (κ3) is 29.9. The minimum absolute atomic E-state index is 0.0831. The van der Waals surface area contributed by atoms with Crippen LogP contribution in [0.2, 0.25) is 0 Å². The zero-order valence-electron chi connectivity index (χ0n) is 65.0. The Morgan fingerprint density at radius 1 is 0.462 bits per heavy atom. The van der Waals surface area contributed by atoms with Gasteiger partial charge in [-0.1, -0.05) is 41.6 Å². The minimum atomic E-state index is -3.70. The fourth-order valence-corrected chi connectivity index (χ4v) is 20.9. The van der Waals surface area contributed by atoms with Crippen LogP contribution in [-0.2, 0) is 72.5 Å². The van der Waals surface area contributed by atoms with Gasteiger partial charge in [0.15, 0.2) is 0 Å². The number of nitrogens with zero attached hydrogens (tertiary/aromatic N) is 3. The van der Waals surface area contributed by atoms with Crippen LogP contribution in [-0.4, -0.2) is 215 Å². The summed E-state index contributed by atoms with van der Waals surface area (Å²) in [6.07, 6.45) is 11.0. The molecule has 106 heavy (non-hydrogen) atoms. The van der Waals surface area contributed by atoms with Gasteiger partial charge in [-0.2, -0.15) is 12.9 Å². The average molecular weight is 1660 g/mol. The fraction of sp³-hybridized carbons (Fsp3) is 0.635. The van der Waals surface area contributed by atoms with E-state index in [0.29, 0.717) is 134 Å². The summed E-state index contributed by atoms with van der Waals surface area (Å²) < 4.78 is 148. The lowest BCUT2D eigenvalue weighted by atomic mass is 10.1. The topological polar surface area (TPSA) is 344 Å². The van der Waals surface area contributed by atoms with Crippen molar-refractivity contribution in [3.8, 4) is 23.0 Å². The van der Waals surface area contributed by atoms with E-state index in [0.717, 1.165) is 51.5 Å². The molecule has 4 saturated heterocycles. The highest BCUT2D eigenvalue weighted by molar-refractivity contribution is 9.09. The van der Waals surface area contributed by atoms with Gasteiger partial charge >= 0.3 is 17.9 Å². The van der Waals surface area contributed by atoms with Gasteiger partial charge in [0.2, 0.25) is 30.1 Å². The van der Waals surface area contributed by atoms with E-state index in [1.165, 1.54) is 32.9 Å². The standard InChI is InChI=1S/C21H33NO6S.C17H25NO6S.C15H23NO4S.C9H11ClO3S.C6H11BrO2.C6H13NO/c1-15-11-18(26-6)12-16(2)20(15)29(24,25)22-10-8-7-9-17(22)13-27-14-19(23)28-21(3,4)5;1-12-8-15(23-3)9-13(2)17(12)25(21,22)18-7-5-4-6-14(18)10-24-11-16(19)20;1-11-8-14(20-3)9-12(2)15(11)21(18,19)16-7-5-4-6-13(16)10-17;1-6-4-8(13-3)5-7(2)9(6)14(10,11)12;1-6(2,3)9-5(8)4-7;8-5-6-3-1-2-4-7-6/h11-12,17H,7-10,13-14H2,1-6H3;8-9,14H,4-7,10-11H2,1-3H3,(H,19,20);8-9,13,17H,4-7,10H2,1-3H3;4-5H,1-3H3;4H2,1-3H3;6-8H,1-5H2. The molecule has 602 valence electrons. The highest BCUT2D eigenvalue weighted by atomic mass is 79.9. The number of aliphatic carboxylic acids is 1. The Morgan fingerprint density at radius 2 is 0.764 bits per heavy atom. The van der Waals surface area contributed by atoms with Crippen LogP contribution in [0.25, 0.3) is 0 Å². The molecule has 4 unspecified atom stereocenters. The van der Waals surface area contributed by atoms with Gasteiger partial charge in [0, 0.05) is 54.5 Å². The lowest BCUT2D eigenvalue weighted by Gasteiger charge is -2.35. The van der Waals surface area contributed by atoms with Crippen LogP contribution in [0.4, 0.5) is 0 Å². The molecule has 4 aliphatic rings. The molecule has 0 radical (unpaired) electrons. The largest absolute Gasteiger partial charge is 0.497 e. The van der Waals surface area contributed by atoms with Crippen LogP contribution in [0.3, 0.4) is 0 Å². The molecule has 0 bridgehead atoms. The summed E-state index contributed by atoms with van der Waals surface area (Å²) in [6, 6.07) is 13.1. The number of piperidine rings is 4. The Kier molecular flexibility index (Phi) is 39.4. The van der Waals surface area contributed by atoms with Crippen molar-refractivity contribution in [2.24, 2.45) is 0 Å². The Bertz CT molecular complexity index is 3890. The normalized spacial score (nSPS) is 18.3. The smallest absolute Gasteiger partial charge is 0.332 e. The first-order valence-electron chi connectivity index (χ1n) is 35.3. The molecule has 0 aromatic heterocycles. The van der Waals surface area contributed by atoms with E-state index >= 15 is 0 Å².